The number of unbranched alkanes of at least 4 members (excludes halogenated alkanes) is 1. The molecule has 0 radical (unpaired) electrons. The highest BCUT2D eigenvalue weighted by Crippen LogP contribution is 2.25. The van der Waals surface area contributed by atoms with E-state index in [2.05, 4.69) is 39.2 Å². The Morgan fingerprint density at radius 2 is 1.73 bits per heavy atom. The molecule has 1 aliphatic heterocycles. The number of rotatable bonds is 10. The maximum Gasteiger partial charge on any atom is 0.261 e. The number of nitrogens with one attached hydrogen (secondary N) is 2. The predicted octanol–water partition coefficient (Wildman–Crippen LogP) is 5.48. The van der Waals surface area contributed by atoms with Crippen LogP contribution in [-0.4, -0.2) is 38.9 Å². The third-order valence-corrected chi connectivity index (χ3v) is 8.64. The van der Waals surface area contributed by atoms with Gasteiger partial charge in [0, 0.05) is 31.4 Å². The number of nitrogens with zero attached hydrogens (tertiary/aromatic N) is 2. The lowest BCUT2D eigenvalue weighted by Crippen LogP contribution is -2.32. The van der Waals surface area contributed by atoms with Crippen molar-refractivity contribution < 1.29 is 13.2 Å². The van der Waals surface area contributed by atoms with E-state index in [9.17, 15) is 13.2 Å². The van der Waals surface area contributed by atoms with E-state index in [1.807, 2.05) is 42.5 Å². The Bertz CT molecular complexity index is 1720. The summed E-state index contributed by atoms with van der Waals surface area (Å²) in [6, 6.07) is 27.8. The van der Waals surface area contributed by atoms with Crippen molar-refractivity contribution in [2.24, 2.45) is 0 Å². The van der Waals surface area contributed by atoms with Crippen molar-refractivity contribution in [2.45, 2.75) is 30.7 Å². The number of nitriles is 1. The lowest BCUT2D eigenvalue weighted by molar-refractivity contribution is -0.116. The topological polar surface area (TPSA) is 102 Å². The summed E-state index contributed by atoms with van der Waals surface area (Å²) in [5.41, 5.74) is 4.27. The minimum atomic E-state index is -3.75. The van der Waals surface area contributed by atoms with Gasteiger partial charge in [-0.1, -0.05) is 42.5 Å². The standard InChI is InChI=1S/C33H32N4O3S/c34-23-26-8-14-32(15-9-26)41(39,40)36-31-13-12-28-17-20-37(24-30(28)22-31)19-4-3-18-35-33(38)16-10-25-7-11-27-5-1-2-6-29(27)21-25/h1-2,5-16,21-22,36H,3-4,17-20,24H2,(H,35,38)/b16-10+. The SMILES string of the molecule is N#Cc1ccc(S(=O)(=O)Nc2ccc3c(c2)CN(CCCCNC(=O)/C=C/c2ccc4ccccc4c2)CC3)cc1. The van der Waals surface area contributed by atoms with Gasteiger partial charge in [-0.05, 0) is 102 Å². The fourth-order valence-corrected chi connectivity index (χ4v) is 6.06. The van der Waals surface area contributed by atoms with Crippen molar-refractivity contribution >= 4 is 38.5 Å². The molecule has 0 aromatic heterocycles. The molecule has 2 N–H and O–H groups in total. The zero-order valence-corrected chi connectivity index (χ0v) is 23.5. The molecule has 0 saturated heterocycles. The second-order valence-corrected chi connectivity index (χ2v) is 11.9. The van der Waals surface area contributed by atoms with Crippen LogP contribution in [0.15, 0.2) is 95.9 Å². The van der Waals surface area contributed by atoms with Crippen LogP contribution in [0.3, 0.4) is 0 Å². The number of carbonyl (C=O) groups is 1. The van der Waals surface area contributed by atoms with E-state index in [0.29, 0.717) is 17.8 Å². The maximum absolute atomic E-state index is 12.8. The monoisotopic (exact) mass is 564 g/mol. The molecular weight excluding hydrogens is 532 g/mol. The van der Waals surface area contributed by atoms with E-state index in [0.717, 1.165) is 55.4 Å². The Kier molecular flexibility index (Phi) is 8.78. The highest BCUT2D eigenvalue weighted by Gasteiger charge is 2.19. The fraction of sp³-hybridized carbons (Fsp3) is 0.212. The van der Waals surface area contributed by atoms with Crippen LogP contribution in [0, 0.1) is 11.3 Å². The van der Waals surface area contributed by atoms with Crippen LogP contribution in [0.5, 0.6) is 0 Å². The molecule has 0 atom stereocenters. The Balaban J connectivity index is 1.06. The average Bonchev–Trinajstić information content (AvgIpc) is 2.99. The van der Waals surface area contributed by atoms with Gasteiger partial charge in [-0.2, -0.15) is 5.26 Å². The van der Waals surface area contributed by atoms with Crippen LogP contribution in [0.4, 0.5) is 5.69 Å². The molecule has 0 unspecified atom stereocenters. The molecule has 4 aromatic carbocycles. The maximum atomic E-state index is 12.8. The van der Waals surface area contributed by atoms with E-state index in [1.165, 1.54) is 35.2 Å². The molecular formula is C33H32N4O3S. The fourth-order valence-electron chi connectivity index (χ4n) is 5.01. The van der Waals surface area contributed by atoms with Crippen molar-refractivity contribution in [3.8, 4) is 6.07 Å². The molecule has 0 saturated carbocycles. The van der Waals surface area contributed by atoms with Crippen LogP contribution in [-0.2, 0) is 27.8 Å². The Labute approximate surface area is 241 Å². The van der Waals surface area contributed by atoms with Crippen molar-refractivity contribution in [1.29, 1.82) is 5.26 Å². The van der Waals surface area contributed by atoms with E-state index >= 15 is 0 Å². The van der Waals surface area contributed by atoms with E-state index in [4.69, 9.17) is 5.26 Å². The summed E-state index contributed by atoms with van der Waals surface area (Å²) in [7, 11) is -3.75. The van der Waals surface area contributed by atoms with Crippen molar-refractivity contribution in [3.63, 3.8) is 0 Å². The minimum absolute atomic E-state index is 0.0963. The number of carbonyl (C=O) groups excluding carboxylic acids is 1. The molecule has 41 heavy (non-hydrogen) atoms. The molecule has 4 aromatic rings. The van der Waals surface area contributed by atoms with Gasteiger partial charge >= 0.3 is 0 Å². The van der Waals surface area contributed by atoms with E-state index in [-0.39, 0.29) is 10.8 Å². The van der Waals surface area contributed by atoms with Crippen molar-refractivity contribution in [2.75, 3.05) is 24.4 Å². The second-order valence-electron chi connectivity index (χ2n) is 10.2. The third-order valence-electron chi connectivity index (χ3n) is 7.24. The number of anilines is 1. The van der Waals surface area contributed by atoms with Crippen LogP contribution in [0.1, 0.15) is 35.1 Å². The molecule has 5 rings (SSSR count). The van der Waals surface area contributed by atoms with E-state index < -0.39 is 10.0 Å². The highest BCUT2D eigenvalue weighted by atomic mass is 32.2. The zero-order valence-electron chi connectivity index (χ0n) is 22.7. The number of hydrogen-bond acceptors (Lipinski definition) is 5. The Morgan fingerprint density at radius 1 is 0.927 bits per heavy atom. The first kappa shape index (κ1) is 28.1. The summed E-state index contributed by atoms with van der Waals surface area (Å²) in [6.45, 7) is 3.23. The second kappa shape index (κ2) is 12.8. The van der Waals surface area contributed by atoms with Gasteiger partial charge in [0.15, 0.2) is 0 Å². The van der Waals surface area contributed by atoms with Gasteiger partial charge in [0.25, 0.3) is 10.0 Å². The van der Waals surface area contributed by atoms with Gasteiger partial charge in [0.1, 0.15) is 0 Å². The third kappa shape index (κ3) is 7.40. The van der Waals surface area contributed by atoms with Gasteiger partial charge in [-0.3, -0.25) is 14.4 Å². The molecule has 0 aliphatic carbocycles. The molecule has 1 heterocycles. The number of amides is 1. The largest absolute Gasteiger partial charge is 0.353 e. The highest BCUT2D eigenvalue weighted by molar-refractivity contribution is 7.92. The lowest BCUT2D eigenvalue weighted by atomic mass is 9.99. The lowest BCUT2D eigenvalue weighted by Gasteiger charge is -2.29. The molecule has 0 fully saturated rings. The molecule has 208 valence electrons. The van der Waals surface area contributed by atoms with Gasteiger partial charge in [-0.25, -0.2) is 8.42 Å². The molecule has 0 bridgehead atoms. The van der Waals surface area contributed by atoms with Gasteiger partial charge < -0.3 is 5.32 Å². The summed E-state index contributed by atoms with van der Waals surface area (Å²) in [5.74, 6) is -0.0963. The Hall–Kier alpha value is -4.45. The molecule has 1 aliphatic rings. The summed E-state index contributed by atoms with van der Waals surface area (Å²) in [6.07, 6.45) is 6.16. The summed E-state index contributed by atoms with van der Waals surface area (Å²) in [5, 5.41) is 14.2. The van der Waals surface area contributed by atoms with E-state index in [1.54, 1.807) is 12.1 Å². The average molecular weight is 565 g/mol. The van der Waals surface area contributed by atoms with Crippen molar-refractivity contribution in [1.82, 2.24) is 10.2 Å². The molecule has 7 nitrogen and oxygen atoms in total. The van der Waals surface area contributed by atoms with Gasteiger partial charge in [0.2, 0.25) is 5.91 Å². The van der Waals surface area contributed by atoms with Gasteiger partial charge in [0.05, 0.1) is 16.5 Å². The van der Waals surface area contributed by atoms with Crippen LogP contribution in [0.2, 0.25) is 0 Å². The minimum Gasteiger partial charge on any atom is -0.353 e. The predicted molar refractivity (Wildman–Crippen MR) is 163 cm³/mol. The van der Waals surface area contributed by atoms with Crippen LogP contribution < -0.4 is 10.0 Å². The smallest absolute Gasteiger partial charge is 0.261 e. The number of sulfonamides is 1. The first-order chi connectivity index (χ1) is 19.9. The number of hydrogen-bond donors (Lipinski definition) is 2. The summed E-state index contributed by atoms with van der Waals surface area (Å²) >= 11 is 0. The summed E-state index contributed by atoms with van der Waals surface area (Å²) < 4.78 is 28.3. The summed E-state index contributed by atoms with van der Waals surface area (Å²) in [4.78, 5) is 14.7. The van der Waals surface area contributed by atoms with Gasteiger partial charge in [-0.15, -0.1) is 0 Å². The quantitative estimate of drug-likeness (QED) is 0.196. The zero-order chi connectivity index (χ0) is 28.7. The number of benzene rings is 4. The molecule has 1 amide bonds. The molecule has 8 heteroatoms. The van der Waals surface area contributed by atoms with Crippen LogP contribution >= 0.6 is 0 Å². The van der Waals surface area contributed by atoms with Crippen molar-refractivity contribution in [3.05, 3.63) is 113 Å². The first-order valence-corrected chi connectivity index (χ1v) is 15.2. The molecule has 0 spiro atoms. The normalized spacial score (nSPS) is 13.5. The van der Waals surface area contributed by atoms with Crippen LogP contribution in [0.25, 0.3) is 16.8 Å². The Morgan fingerprint density at radius 3 is 2.54 bits per heavy atom. The number of fused-ring (bicyclic) bond motifs is 2. The first-order valence-electron chi connectivity index (χ1n) is 13.7.